The molecule has 0 radical (unpaired) electrons. The van der Waals surface area contributed by atoms with Crippen LogP contribution >= 0.6 is 0 Å². The number of nitrogens with zero attached hydrogens (tertiary/aromatic N) is 1. The minimum absolute atomic E-state index is 0.121. The SMILES string of the molecule is COc1ccc(N)cc1S(=O)(=O)N1CCC(OC)CC1. The highest BCUT2D eigenvalue weighted by molar-refractivity contribution is 7.89. The number of anilines is 1. The number of piperidine rings is 1. The van der Waals surface area contributed by atoms with E-state index in [1.807, 2.05) is 0 Å². The van der Waals surface area contributed by atoms with Gasteiger partial charge in [0.25, 0.3) is 0 Å². The van der Waals surface area contributed by atoms with Crippen molar-refractivity contribution in [2.75, 3.05) is 33.0 Å². The van der Waals surface area contributed by atoms with E-state index in [-0.39, 0.29) is 11.0 Å². The van der Waals surface area contributed by atoms with E-state index in [2.05, 4.69) is 0 Å². The number of ether oxygens (including phenoxy) is 2. The van der Waals surface area contributed by atoms with Gasteiger partial charge in [-0.1, -0.05) is 0 Å². The van der Waals surface area contributed by atoms with Crippen molar-refractivity contribution in [1.82, 2.24) is 4.31 Å². The molecule has 112 valence electrons. The van der Waals surface area contributed by atoms with Crippen LogP contribution in [-0.2, 0) is 14.8 Å². The molecule has 1 aromatic carbocycles. The molecule has 1 aliphatic heterocycles. The number of nitrogen functional groups attached to an aromatic ring is 1. The quantitative estimate of drug-likeness (QED) is 0.841. The predicted octanol–water partition coefficient (Wildman–Crippen LogP) is 1.08. The Morgan fingerprint density at radius 1 is 1.25 bits per heavy atom. The highest BCUT2D eigenvalue weighted by Gasteiger charge is 2.31. The third-order valence-electron chi connectivity index (χ3n) is 3.54. The summed E-state index contributed by atoms with van der Waals surface area (Å²) in [5.74, 6) is 0.313. The van der Waals surface area contributed by atoms with E-state index in [4.69, 9.17) is 15.2 Å². The maximum Gasteiger partial charge on any atom is 0.246 e. The topological polar surface area (TPSA) is 81.9 Å². The fourth-order valence-corrected chi connectivity index (χ4v) is 4.00. The Kier molecular flexibility index (Phi) is 4.52. The zero-order valence-electron chi connectivity index (χ0n) is 11.7. The fraction of sp³-hybridized carbons (Fsp3) is 0.538. The van der Waals surface area contributed by atoms with E-state index in [0.29, 0.717) is 37.4 Å². The van der Waals surface area contributed by atoms with Gasteiger partial charge in [0.2, 0.25) is 10.0 Å². The van der Waals surface area contributed by atoms with Gasteiger partial charge in [0.05, 0.1) is 13.2 Å². The summed E-state index contributed by atoms with van der Waals surface area (Å²) in [5.41, 5.74) is 6.09. The Labute approximate surface area is 119 Å². The molecule has 0 aromatic heterocycles. The fourth-order valence-electron chi connectivity index (χ4n) is 2.34. The zero-order chi connectivity index (χ0) is 14.8. The molecule has 1 saturated heterocycles. The van der Waals surface area contributed by atoms with Crippen molar-refractivity contribution in [1.29, 1.82) is 0 Å². The molecule has 0 saturated carbocycles. The Morgan fingerprint density at radius 2 is 1.90 bits per heavy atom. The third-order valence-corrected chi connectivity index (χ3v) is 5.46. The lowest BCUT2D eigenvalue weighted by Gasteiger charge is -2.30. The summed E-state index contributed by atoms with van der Waals surface area (Å²) < 4.78 is 37.2. The van der Waals surface area contributed by atoms with Crippen molar-refractivity contribution in [2.24, 2.45) is 0 Å². The summed E-state index contributed by atoms with van der Waals surface area (Å²) in [5, 5.41) is 0. The first kappa shape index (κ1) is 15.1. The maximum atomic E-state index is 12.7. The molecule has 6 nitrogen and oxygen atoms in total. The number of nitrogens with two attached hydrogens (primary N) is 1. The average molecular weight is 300 g/mol. The Morgan fingerprint density at radius 3 is 2.45 bits per heavy atom. The van der Waals surface area contributed by atoms with Gasteiger partial charge in [0.1, 0.15) is 10.6 Å². The third kappa shape index (κ3) is 2.89. The van der Waals surface area contributed by atoms with Crippen LogP contribution < -0.4 is 10.5 Å². The van der Waals surface area contributed by atoms with Gasteiger partial charge in [-0.25, -0.2) is 8.42 Å². The van der Waals surface area contributed by atoms with Crippen molar-refractivity contribution < 1.29 is 17.9 Å². The van der Waals surface area contributed by atoms with E-state index < -0.39 is 10.0 Å². The van der Waals surface area contributed by atoms with Gasteiger partial charge in [0.15, 0.2) is 0 Å². The second-order valence-corrected chi connectivity index (χ2v) is 6.66. The van der Waals surface area contributed by atoms with Crippen LogP contribution in [0.25, 0.3) is 0 Å². The molecule has 20 heavy (non-hydrogen) atoms. The standard InChI is InChI=1S/C13H20N2O4S/c1-18-11-5-7-15(8-6-11)20(16,17)13-9-10(14)3-4-12(13)19-2/h3-4,9,11H,5-8,14H2,1-2H3. The molecule has 1 fully saturated rings. The lowest BCUT2D eigenvalue weighted by molar-refractivity contribution is 0.0604. The molecule has 2 rings (SSSR count). The van der Waals surface area contributed by atoms with Crippen molar-refractivity contribution in [2.45, 2.75) is 23.8 Å². The van der Waals surface area contributed by atoms with Gasteiger partial charge in [0, 0.05) is 25.9 Å². The van der Waals surface area contributed by atoms with Crippen molar-refractivity contribution in [3.8, 4) is 5.75 Å². The lowest BCUT2D eigenvalue weighted by Crippen LogP contribution is -2.40. The van der Waals surface area contributed by atoms with E-state index >= 15 is 0 Å². The van der Waals surface area contributed by atoms with Gasteiger partial charge in [-0.2, -0.15) is 4.31 Å². The second kappa shape index (κ2) is 5.99. The molecular formula is C13H20N2O4S. The van der Waals surface area contributed by atoms with E-state index in [1.165, 1.54) is 17.5 Å². The van der Waals surface area contributed by atoms with Crippen LogP contribution in [0.15, 0.2) is 23.1 Å². The van der Waals surface area contributed by atoms with Crippen molar-refractivity contribution >= 4 is 15.7 Å². The molecule has 0 unspecified atom stereocenters. The molecule has 0 atom stereocenters. The molecule has 0 amide bonds. The monoisotopic (exact) mass is 300 g/mol. The second-order valence-electron chi connectivity index (χ2n) is 4.75. The smallest absolute Gasteiger partial charge is 0.246 e. The van der Waals surface area contributed by atoms with Gasteiger partial charge in [-0.15, -0.1) is 0 Å². The average Bonchev–Trinajstić information content (AvgIpc) is 2.47. The predicted molar refractivity (Wildman–Crippen MR) is 76.2 cm³/mol. The first-order valence-corrected chi connectivity index (χ1v) is 7.89. The number of sulfonamides is 1. The van der Waals surface area contributed by atoms with Crippen LogP contribution in [-0.4, -0.2) is 46.1 Å². The zero-order valence-corrected chi connectivity index (χ0v) is 12.5. The molecule has 0 aliphatic carbocycles. The largest absolute Gasteiger partial charge is 0.495 e. The summed E-state index contributed by atoms with van der Waals surface area (Å²) in [7, 11) is -0.491. The van der Waals surface area contributed by atoms with Gasteiger partial charge in [-0.05, 0) is 31.0 Å². The number of methoxy groups -OCH3 is 2. The first-order valence-electron chi connectivity index (χ1n) is 6.45. The molecule has 7 heteroatoms. The molecule has 1 aliphatic rings. The molecular weight excluding hydrogens is 280 g/mol. The van der Waals surface area contributed by atoms with Gasteiger partial charge >= 0.3 is 0 Å². The Bertz CT molecular complexity index is 566. The molecule has 1 aromatic rings. The minimum Gasteiger partial charge on any atom is -0.495 e. The number of benzene rings is 1. The van der Waals surface area contributed by atoms with Crippen LogP contribution in [0, 0.1) is 0 Å². The number of rotatable bonds is 4. The van der Waals surface area contributed by atoms with Crippen LogP contribution in [0.5, 0.6) is 5.75 Å². The Balaban J connectivity index is 2.29. The lowest BCUT2D eigenvalue weighted by atomic mass is 10.1. The van der Waals surface area contributed by atoms with Gasteiger partial charge in [-0.3, -0.25) is 0 Å². The van der Waals surface area contributed by atoms with Crippen LogP contribution in [0.3, 0.4) is 0 Å². The van der Waals surface area contributed by atoms with E-state index in [9.17, 15) is 8.42 Å². The summed E-state index contributed by atoms with van der Waals surface area (Å²) in [4.78, 5) is 0.121. The molecule has 2 N–H and O–H groups in total. The molecule has 0 bridgehead atoms. The van der Waals surface area contributed by atoms with Gasteiger partial charge < -0.3 is 15.2 Å². The highest BCUT2D eigenvalue weighted by atomic mass is 32.2. The van der Waals surface area contributed by atoms with E-state index in [1.54, 1.807) is 19.2 Å². The number of hydrogen-bond acceptors (Lipinski definition) is 5. The van der Waals surface area contributed by atoms with E-state index in [0.717, 1.165) is 0 Å². The number of hydrogen-bond donors (Lipinski definition) is 1. The maximum absolute atomic E-state index is 12.7. The van der Waals surface area contributed by atoms with Crippen molar-refractivity contribution in [3.63, 3.8) is 0 Å². The minimum atomic E-state index is -3.59. The van der Waals surface area contributed by atoms with Crippen LogP contribution in [0.1, 0.15) is 12.8 Å². The normalized spacial score (nSPS) is 18.1. The van der Waals surface area contributed by atoms with Crippen LogP contribution in [0.2, 0.25) is 0 Å². The summed E-state index contributed by atoms with van der Waals surface area (Å²) in [6.45, 7) is 0.886. The first-order chi connectivity index (χ1) is 9.48. The highest BCUT2D eigenvalue weighted by Crippen LogP contribution is 2.30. The summed E-state index contributed by atoms with van der Waals surface area (Å²) in [6, 6.07) is 4.63. The van der Waals surface area contributed by atoms with Crippen LogP contribution in [0.4, 0.5) is 5.69 Å². The Hall–Kier alpha value is -1.31. The summed E-state index contributed by atoms with van der Waals surface area (Å²) in [6.07, 6.45) is 1.52. The van der Waals surface area contributed by atoms with Crippen molar-refractivity contribution in [3.05, 3.63) is 18.2 Å². The molecule has 1 heterocycles. The molecule has 0 spiro atoms. The summed E-state index contributed by atoms with van der Waals surface area (Å²) >= 11 is 0.